The fourth-order valence-electron chi connectivity index (χ4n) is 5.16. The summed E-state index contributed by atoms with van der Waals surface area (Å²) in [7, 11) is 0. The van der Waals surface area contributed by atoms with Gasteiger partial charge in [0, 0.05) is 44.5 Å². The molecule has 1 aromatic heterocycles. The molecule has 1 saturated carbocycles. The summed E-state index contributed by atoms with van der Waals surface area (Å²) in [6, 6.07) is 8.79. The number of nitrogens with two attached hydrogens (primary N) is 1. The van der Waals surface area contributed by atoms with Crippen molar-refractivity contribution in [1.29, 1.82) is 0 Å². The van der Waals surface area contributed by atoms with Crippen LogP contribution in [0, 0.1) is 5.92 Å². The van der Waals surface area contributed by atoms with E-state index in [9.17, 15) is 9.59 Å². The topological polar surface area (TPSA) is 117 Å². The second-order valence-corrected chi connectivity index (χ2v) is 9.46. The molecule has 9 heteroatoms. The zero-order valence-electron chi connectivity index (χ0n) is 18.9. The van der Waals surface area contributed by atoms with Gasteiger partial charge in [0.2, 0.25) is 0 Å². The molecule has 5 rings (SSSR count). The lowest BCUT2D eigenvalue weighted by molar-refractivity contribution is 0.203. The Morgan fingerprint density at radius 2 is 1.97 bits per heavy atom. The standard InChI is InChI=1S/C24H33N7O2/c25-15-16-11-20(12-16)27-19-3-1-18-14-21(4-2-17(18)13-19)31-8-5-22(29-24(31)33)28-23(32)30-9-6-26-7-10-30/h2,4-5,8,14,16,19-20,26-27H,1,3,6-7,9-13,15,25H2,(H,28,29,32,33)/t16-,19?,20+. The Balaban J connectivity index is 1.23. The van der Waals surface area contributed by atoms with Crippen molar-refractivity contribution in [2.45, 2.75) is 44.2 Å². The van der Waals surface area contributed by atoms with Crippen LogP contribution in [0.25, 0.3) is 5.69 Å². The molecule has 2 fully saturated rings. The van der Waals surface area contributed by atoms with Gasteiger partial charge in [-0.25, -0.2) is 9.59 Å². The van der Waals surface area contributed by atoms with E-state index in [0.717, 1.165) is 44.6 Å². The van der Waals surface area contributed by atoms with E-state index in [2.05, 4.69) is 33.1 Å². The number of nitrogens with one attached hydrogen (secondary N) is 3. The summed E-state index contributed by atoms with van der Waals surface area (Å²) in [5.41, 5.74) is 8.79. The highest BCUT2D eigenvalue weighted by Gasteiger charge is 2.30. The van der Waals surface area contributed by atoms with Crippen molar-refractivity contribution in [1.82, 2.24) is 25.1 Å². The average molecular weight is 452 g/mol. The molecule has 2 aliphatic carbocycles. The minimum Gasteiger partial charge on any atom is -0.330 e. The Labute approximate surface area is 193 Å². The average Bonchev–Trinajstić information content (AvgIpc) is 2.81. The first-order valence-electron chi connectivity index (χ1n) is 12.0. The molecule has 0 bridgehead atoms. The number of benzene rings is 1. The van der Waals surface area contributed by atoms with Gasteiger partial charge in [0.1, 0.15) is 5.82 Å². The highest BCUT2D eigenvalue weighted by molar-refractivity contribution is 5.88. The maximum Gasteiger partial charge on any atom is 0.354 e. The summed E-state index contributed by atoms with van der Waals surface area (Å²) < 4.78 is 1.53. The Hall–Kier alpha value is -2.75. The lowest BCUT2D eigenvalue weighted by atomic mass is 9.79. The zero-order valence-corrected chi connectivity index (χ0v) is 18.9. The molecule has 5 N–H and O–H groups in total. The molecule has 1 unspecified atom stereocenters. The van der Waals surface area contributed by atoms with E-state index in [1.165, 1.54) is 28.5 Å². The third-order valence-corrected chi connectivity index (χ3v) is 7.18. The van der Waals surface area contributed by atoms with E-state index >= 15 is 0 Å². The van der Waals surface area contributed by atoms with Crippen molar-refractivity contribution in [3.63, 3.8) is 0 Å². The molecule has 3 aliphatic rings. The van der Waals surface area contributed by atoms with Gasteiger partial charge in [-0.3, -0.25) is 9.88 Å². The Bertz CT molecular complexity index is 1060. The van der Waals surface area contributed by atoms with E-state index in [1.807, 2.05) is 6.07 Å². The highest BCUT2D eigenvalue weighted by atomic mass is 16.2. The normalized spacial score (nSPS) is 24.6. The highest BCUT2D eigenvalue weighted by Crippen LogP contribution is 2.29. The largest absolute Gasteiger partial charge is 0.354 e. The van der Waals surface area contributed by atoms with Crippen molar-refractivity contribution < 1.29 is 4.79 Å². The van der Waals surface area contributed by atoms with E-state index in [0.29, 0.717) is 31.1 Å². The first kappa shape index (κ1) is 22.1. The first-order chi connectivity index (χ1) is 16.1. The number of hydrogen-bond acceptors (Lipinski definition) is 6. The number of hydrogen-bond donors (Lipinski definition) is 4. The monoisotopic (exact) mass is 451 g/mol. The second kappa shape index (κ2) is 9.62. The van der Waals surface area contributed by atoms with E-state index in [1.54, 1.807) is 17.2 Å². The molecule has 9 nitrogen and oxygen atoms in total. The summed E-state index contributed by atoms with van der Waals surface area (Å²) in [4.78, 5) is 30.9. The molecule has 2 heterocycles. The maximum absolute atomic E-state index is 12.7. The molecular formula is C24H33N7O2. The predicted molar refractivity (Wildman–Crippen MR) is 128 cm³/mol. The van der Waals surface area contributed by atoms with Gasteiger partial charge in [0.25, 0.3) is 0 Å². The summed E-state index contributed by atoms with van der Waals surface area (Å²) >= 11 is 0. The van der Waals surface area contributed by atoms with Crippen LogP contribution < -0.4 is 27.4 Å². The van der Waals surface area contributed by atoms with Crippen LogP contribution in [0.2, 0.25) is 0 Å². The van der Waals surface area contributed by atoms with Crippen LogP contribution in [0.1, 0.15) is 30.4 Å². The predicted octanol–water partition coefficient (Wildman–Crippen LogP) is 0.854. The summed E-state index contributed by atoms with van der Waals surface area (Å²) in [6.45, 7) is 3.62. The number of carbonyl (C=O) groups excluding carboxylic acids is 1. The van der Waals surface area contributed by atoms with Crippen molar-refractivity contribution >= 4 is 11.8 Å². The molecule has 33 heavy (non-hydrogen) atoms. The number of piperazine rings is 1. The third-order valence-electron chi connectivity index (χ3n) is 7.18. The van der Waals surface area contributed by atoms with Crippen LogP contribution in [0.15, 0.2) is 35.3 Å². The van der Waals surface area contributed by atoms with Crippen LogP contribution in [-0.4, -0.2) is 65.3 Å². The van der Waals surface area contributed by atoms with Crippen molar-refractivity contribution in [2.75, 3.05) is 38.0 Å². The minimum atomic E-state index is -0.400. The number of rotatable bonds is 5. The van der Waals surface area contributed by atoms with Gasteiger partial charge >= 0.3 is 11.7 Å². The van der Waals surface area contributed by atoms with Crippen LogP contribution in [0.5, 0.6) is 0 Å². The number of fused-ring (bicyclic) bond motifs is 1. The van der Waals surface area contributed by atoms with Gasteiger partial charge in [-0.2, -0.15) is 4.98 Å². The molecule has 1 atom stereocenters. The Morgan fingerprint density at radius 3 is 2.73 bits per heavy atom. The minimum absolute atomic E-state index is 0.224. The van der Waals surface area contributed by atoms with Gasteiger partial charge in [-0.1, -0.05) is 6.07 Å². The summed E-state index contributed by atoms with van der Waals surface area (Å²) in [6.07, 6.45) is 7.19. The van der Waals surface area contributed by atoms with Crippen LogP contribution in [0.3, 0.4) is 0 Å². The smallest absolute Gasteiger partial charge is 0.330 e. The molecule has 2 amide bonds. The van der Waals surface area contributed by atoms with Gasteiger partial charge < -0.3 is 21.3 Å². The van der Waals surface area contributed by atoms with Crippen molar-refractivity contribution in [3.05, 3.63) is 52.1 Å². The van der Waals surface area contributed by atoms with Crippen LogP contribution >= 0.6 is 0 Å². The molecule has 2 aromatic rings. The number of aryl methyl sites for hydroxylation is 1. The quantitative estimate of drug-likeness (QED) is 0.536. The van der Waals surface area contributed by atoms with Crippen molar-refractivity contribution in [2.24, 2.45) is 11.7 Å². The fourth-order valence-corrected chi connectivity index (χ4v) is 5.16. The summed E-state index contributed by atoms with van der Waals surface area (Å²) in [5, 5.41) is 9.75. The van der Waals surface area contributed by atoms with Crippen LogP contribution in [0.4, 0.5) is 10.6 Å². The number of anilines is 1. The summed E-state index contributed by atoms with van der Waals surface area (Å²) in [5.74, 6) is 0.967. The lowest BCUT2D eigenvalue weighted by Crippen LogP contribution is -2.49. The van der Waals surface area contributed by atoms with Crippen LogP contribution in [-0.2, 0) is 12.8 Å². The SMILES string of the molecule is NC[C@H]1C[C@@H](NC2CCc3cc(-n4ccc(NC(=O)N5CCNCC5)nc4=O)ccc3C2)C1. The maximum atomic E-state index is 12.7. The number of carbonyl (C=O) groups is 1. The van der Waals surface area contributed by atoms with E-state index < -0.39 is 5.69 Å². The number of urea groups is 1. The Morgan fingerprint density at radius 1 is 1.15 bits per heavy atom. The van der Waals surface area contributed by atoms with E-state index in [4.69, 9.17) is 5.73 Å². The lowest BCUT2D eigenvalue weighted by Gasteiger charge is -2.39. The van der Waals surface area contributed by atoms with Gasteiger partial charge in [-0.05, 0) is 73.9 Å². The Kier molecular flexibility index (Phi) is 6.43. The second-order valence-electron chi connectivity index (χ2n) is 9.46. The molecule has 176 valence electrons. The first-order valence-corrected chi connectivity index (χ1v) is 12.0. The molecule has 0 spiro atoms. The van der Waals surface area contributed by atoms with Gasteiger partial charge in [0.15, 0.2) is 0 Å². The fraction of sp³-hybridized carbons (Fsp3) is 0.542. The molecule has 1 aromatic carbocycles. The van der Waals surface area contributed by atoms with E-state index in [-0.39, 0.29) is 11.8 Å². The van der Waals surface area contributed by atoms with Gasteiger partial charge in [0.05, 0.1) is 5.69 Å². The molecule has 1 saturated heterocycles. The third kappa shape index (κ3) is 4.95. The number of amides is 2. The molecule has 0 radical (unpaired) electrons. The molecular weight excluding hydrogens is 418 g/mol. The zero-order chi connectivity index (χ0) is 22.8. The molecule has 1 aliphatic heterocycles. The van der Waals surface area contributed by atoms with Gasteiger partial charge in [-0.15, -0.1) is 0 Å². The van der Waals surface area contributed by atoms with Crippen molar-refractivity contribution in [3.8, 4) is 5.69 Å². The number of aromatic nitrogens is 2. The number of nitrogens with zero attached hydrogens (tertiary/aromatic N) is 3.